The number of aromatic hydroxyl groups is 3. The molecule has 4 heteroatoms. The quantitative estimate of drug-likeness (QED) is 0.593. The van der Waals surface area contributed by atoms with Crippen LogP contribution in [-0.4, -0.2) is 27.9 Å². The molecule has 1 unspecified atom stereocenters. The van der Waals surface area contributed by atoms with Gasteiger partial charge in [0.05, 0.1) is 0 Å². The predicted molar refractivity (Wildman–Crippen MR) is 87.4 cm³/mol. The summed E-state index contributed by atoms with van der Waals surface area (Å²) in [5.74, 6) is 0.194. The summed E-state index contributed by atoms with van der Waals surface area (Å²) in [7, 11) is 0. The van der Waals surface area contributed by atoms with Gasteiger partial charge >= 0.3 is 0 Å². The third kappa shape index (κ3) is 4.67. The molecule has 1 atom stereocenters. The summed E-state index contributed by atoms with van der Waals surface area (Å²) in [6.45, 7) is 2.87. The van der Waals surface area contributed by atoms with E-state index in [-0.39, 0.29) is 11.5 Å². The summed E-state index contributed by atoms with van der Waals surface area (Å²) in [5.41, 5.74) is 1.95. The molecular weight excluding hydrogens is 278 g/mol. The van der Waals surface area contributed by atoms with Gasteiger partial charge in [0.15, 0.2) is 11.5 Å². The minimum Gasteiger partial charge on any atom is -0.508 e. The van der Waals surface area contributed by atoms with Crippen molar-refractivity contribution in [3.63, 3.8) is 0 Å². The molecule has 2 rings (SSSR count). The Kier molecular flexibility index (Phi) is 5.67. The molecule has 4 N–H and O–H groups in total. The van der Waals surface area contributed by atoms with E-state index in [2.05, 4.69) is 12.2 Å². The second kappa shape index (κ2) is 7.71. The highest BCUT2D eigenvalue weighted by Gasteiger charge is 2.07. The van der Waals surface area contributed by atoms with Crippen LogP contribution in [0.25, 0.3) is 0 Å². The van der Waals surface area contributed by atoms with Gasteiger partial charge in [-0.1, -0.05) is 24.3 Å². The van der Waals surface area contributed by atoms with E-state index >= 15 is 0 Å². The van der Waals surface area contributed by atoms with Gasteiger partial charge in [-0.15, -0.1) is 0 Å². The molecule has 4 nitrogen and oxygen atoms in total. The lowest BCUT2D eigenvalue weighted by Gasteiger charge is -2.14. The van der Waals surface area contributed by atoms with E-state index < -0.39 is 0 Å². The van der Waals surface area contributed by atoms with Crippen molar-refractivity contribution in [2.24, 2.45) is 0 Å². The first-order chi connectivity index (χ1) is 10.6. The summed E-state index contributed by atoms with van der Waals surface area (Å²) >= 11 is 0. The summed E-state index contributed by atoms with van der Waals surface area (Å²) < 4.78 is 0. The average Bonchev–Trinajstić information content (AvgIpc) is 2.51. The lowest BCUT2D eigenvalue weighted by Crippen LogP contribution is -2.28. The molecule has 0 spiro atoms. The smallest absolute Gasteiger partial charge is 0.160 e. The lowest BCUT2D eigenvalue weighted by molar-refractivity contribution is 0.398. The van der Waals surface area contributed by atoms with Gasteiger partial charge in [-0.2, -0.15) is 0 Å². The van der Waals surface area contributed by atoms with Crippen LogP contribution in [0.2, 0.25) is 0 Å². The molecule has 0 aromatic heterocycles. The normalized spacial score (nSPS) is 12.2. The van der Waals surface area contributed by atoms with Gasteiger partial charge in [0, 0.05) is 6.04 Å². The summed E-state index contributed by atoms with van der Waals surface area (Å²) in [6, 6.07) is 12.7. The van der Waals surface area contributed by atoms with Crippen molar-refractivity contribution < 1.29 is 15.3 Å². The highest BCUT2D eigenvalue weighted by molar-refractivity contribution is 5.44. The fourth-order valence-electron chi connectivity index (χ4n) is 2.38. The standard InChI is InChI=1S/C18H23NO3/c1-13(5-6-14-7-9-16(20)10-8-14)19-12-11-15-3-2-4-17(21)18(15)22/h2-4,7-10,13,19-22H,5-6,11-12H2,1H3. The Morgan fingerprint density at radius 2 is 1.68 bits per heavy atom. The number of rotatable bonds is 7. The highest BCUT2D eigenvalue weighted by Crippen LogP contribution is 2.28. The SMILES string of the molecule is CC(CCc1ccc(O)cc1)NCCc1cccc(O)c1O. The number of para-hydroxylation sites is 1. The van der Waals surface area contributed by atoms with Gasteiger partial charge in [-0.25, -0.2) is 0 Å². The molecule has 0 saturated heterocycles. The largest absolute Gasteiger partial charge is 0.508 e. The Balaban J connectivity index is 1.72. The Morgan fingerprint density at radius 3 is 2.41 bits per heavy atom. The van der Waals surface area contributed by atoms with Crippen molar-refractivity contribution in [2.45, 2.75) is 32.2 Å². The van der Waals surface area contributed by atoms with Gasteiger partial charge in [-0.05, 0) is 62.1 Å². The Labute approximate surface area is 131 Å². The first-order valence-electron chi connectivity index (χ1n) is 7.57. The third-order valence-corrected chi connectivity index (χ3v) is 3.79. The van der Waals surface area contributed by atoms with Crippen molar-refractivity contribution in [1.29, 1.82) is 0 Å². The van der Waals surface area contributed by atoms with Crippen molar-refractivity contribution in [3.05, 3.63) is 53.6 Å². The maximum Gasteiger partial charge on any atom is 0.160 e. The van der Waals surface area contributed by atoms with E-state index in [4.69, 9.17) is 0 Å². The number of phenols is 3. The molecule has 118 valence electrons. The van der Waals surface area contributed by atoms with Crippen LogP contribution in [0.15, 0.2) is 42.5 Å². The van der Waals surface area contributed by atoms with Crippen LogP contribution >= 0.6 is 0 Å². The zero-order valence-electron chi connectivity index (χ0n) is 12.8. The van der Waals surface area contributed by atoms with E-state index in [1.165, 1.54) is 11.6 Å². The zero-order valence-corrected chi connectivity index (χ0v) is 12.8. The van der Waals surface area contributed by atoms with Gasteiger partial charge < -0.3 is 20.6 Å². The number of hydrogen-bond acceptors (Lipinski definition) is 4. The lowest BCUT2D eigenvalue weighted by atomic mass is 10.1. The van der Waals surface area contributed by atoms with Crippen LogP contribution in [0.4, 0.5) is 0 Å². The molecule has 0 saturated carbocycles. The zero-order chi connectivity index (χ0) is 15.9. The number of hydrogen-bond donors (Lipinski definition) is 4. The second-order valence-corrected chi connectivity index (χ2v) is 5.60. The maximum absolute atomic E-state index is 9.74. The maximum atomic E-state index is 9.74. The van der Waals surface area contributed by atoms with Crippen molar-refractivity contribution in [2.75, 3.05) is 6.54 Å². The molecular formula is C18H23NO3. The molecule has 0 fully saturated rings. The average molecular weight is 301 g/mol. The molecule has 22 heavy (non-hydrogen) atoms. The van der Waals surface area contributed by atoms with Crippen LogP contribution in [0.5, 0.6) is 17.2 Å². The Hall–Kier alpha value is -2.20. The van der Waals surface area contributed by atoms with Gasteiger partial charge in [0.2, 0.25) is 0 Å². The van der Waals surface area contributed by atoms with Crippen LogP contribution in [-0.2, 0) is 12.8 Å². The first kappa shape index (κ1) is 16.2. The molecule has 0 bridgehead atoms. The Morgan fingerprint density at radius 1 is 0.955 bits per heavy atom. The molecule has 0 aliphatic carbocycles. The van der Waals surface area contributed by atoms with Crippen LogP contribution < -0.4 is 5.32 Å². The molecule has 0 aliphatic heterocycles. The van der Waals surface area contributed by atoms with Crippen LogP contribution in [0.3, 0.4) is 0 Å². The number of nitrogens with one attached hydrogen (secondary N) is 1. The van der Waals surface area contributed by atoms with Gasteiger partial charge in [0.1, 0.15) is 5.75 Å². The van der Waals surface area contributed by atoms with Crippen molar-refractivity contribution >= 4 is 0 Å². The minimum absolute atomic E-state index is 0.0268. The fourth-order valence-corrected chi connectivity index (χ4v) is 2.38. The number of benzene rings is 2. The Bertz CT molecular complexity index is 596. The summed E-state index contributed by atoms with van der Waals surface area (Å²) in [4.78, 5) is 0. The van der Waals surface area contributed by atoms with Gasteiger partial charge in [0.25, 0.3) is 0 Å². The van der Waals surface area contributed by atoms with Crippen molar-refractivity contribution in [1.82, 2.24) is 5.32 Å². The molecule has 0 radical (unpaired) electrons. The monoisotopic (exact) mass is 301 g/mol. The molecule has 2 aromatic carbocycles. The number of aryl methyl sites for hydroxylation is 1. The number of phenolic OH excluding ortho intramolecular Hbond substituents is 3. The minimum atomic E-state index is -0.0714. The van der Waals surface area contributed by atoms with E-state index in [9.17, 15) is 15.3 Å². The fraction of sp³-hybridized carbons (Fsp3) is 0.333. The van der Waals surface area contributed by atoms with Gasteiger partial charge in [-0.3, -0.25) is 0 Å². The molecule has 0 aliphatic rings. The van der Waals surface area contributed by atoms with Crippen molar-refractivity contribution in [3.8, 4) is 17.2 Å². The van der Waals surface area contributed by atoms with Crippen LogP contribution in [0, 0.1) is 0 Å². The molecule has 0 amide bonds. The summed E-state index contributed by atoms with van der Waals surface area (Å²) in [6.07, 6.45) is 2.62. The van der Waals surface area contributed by atoms with E-state index in [0.29, 0.717) is 18.2 Å². The molecule has 2 aromatic rings. The third-order valence-electron chi connectivity index (χ3n) is 3.79. The molecule has 0 heterocycles. The highest BCUT2D eigenvalue weighted by atomic mass is 16.3. The topological polar surface area (TPSA) is 72.7 Å². The van der Waals surface area contributed by atoms with E-state index in [1.807, 2.05) is 18.2 Å². The predicted octanol–water partition coefficient (Wildman–Crippen LogP) is 2.96. The van der Waals surface area contributed by atoms with Crippen LogP contribution in [0.1, 0.15) is 24.5 Å². The van der Waals surface area contributed by atoms with E-state index in [0.717, 1.165) is 24.9 Å². The first-order valence-corrected chi connectivity index (χ1v) is 7.57. The second-order valence-electron chi connectivity index (χ2n) is 5.60. The van der Waals surface area contributed by atoms with E-state index in [1.54, 1.807) is 18.2 Å². The summed E-state index contributed by atoms with van der Waals surface area (Å²) in [5, 5.41) is 31.9.